The molecule has 0 saturated carbocycles. The summed E-state index contributed by atoms with van der Waals surface area (Å²) in [5, 5.41) is 10.6. The average Bonchev–Trinajstić information content (AvgIpc) is 3.31. The number of likely N-dealkylation sites (tertiary alicyclic amines) is 1. The summed E-state index contributed by atoms with van der Waals surface area (Å²) in [5.74, 6) is 1.10. The van der Waals surface area contributed by atoms with Crippen molar-refractivity contribution in [3.05, 3.63) is 24.0 Å². The van der Waals surface area contributed by atoms with Gasteiger partial charge in [0, 0.05) is 6.54 Å². The van der Waals surface area contributed by atoms with E-state index in [1.807, 2.05) is 50.8 Å². The van der Waals surface area contributed by atoms with Crippen molar-refractivity contribution in [2.75, 3.05) is 6.54 Å². The Balaban J connectivity index is 1.83. The molecule has 1 aromatic heterocycles. The Morgan fingerprint density at radius 2 is 2.07 bits per heavy atom. The molecule has 3 rings (SSSR count). The van der Waals surface area contributed by atoms with Gasteiger partial charge >= 0.3 is 7.12 Å². The highest BCUT2D eigenvalue weighted by molar-refractivity contribution is 6.60. The van der Waals surface area contributed by atoms with Crippen LogP contribution in [0.2, 0.25) is 0 Å². The normalized spacial score (nSPS) is 18.6. The minimum absolute atomic E-state index is 0.0200. The molecule has 1 fully saturated rings. The van der Waals surface area contributed by atoms with Crippen molar-refractivity contribution >= 4 is 29.5 Å². The van der Waals surface area contributed by atoms with Gasteiger partial charge in [0.05, 0.1) is 28.7 Å². The molecule has 1 aliphatic rings. The van der Waals surface area contributed by atoms with Crippen LogP contribution in [0, 0.1) is 11.8 Å². The maximum absolute atomic E-state index is 12.8. The number of H-pyrrole nitrogens is 1. The number of aromatic amines is 1. The van der Waals surface area contributed by atoms with Crippen LogP contribution in [0.5, 0.6) is 0 Å². The van der Waals surface area contributed by atoms with Gasteiger partial charge in [-0.3, -0.25) is 4.79 Å². The van der Waals surface area contributed by atoms with E-state index >= 15 is 0 Å². The third-order valence-electron chi connectivity index (χ3n) is 6.47. The van der Waals surface area contributed by atoms with Gasteiger partial charge in [0.2, 0.25) is 5.91 Å². The first-order valence-corrected chi connectivity index (χ1v) is 10.9. The quantitative estimate of drug-likeness (QED) is 0.604. The van der Waals surface area contributed by atoms with Crippen molar-refractivity contribution in [1.82, 2.24) is 14.9 Å². The zero-order valence-corrected chi connectivity index (χ0v) is 19.0. The van der Waals surface area contributed by atoms with Crippen molar-refractivity contribution in [2.24, 2.45) is 17.6 Å². The largest absolute Gasteiger partial charge is 0.491 e. The number of benzene rings is 1. The molecule has 4 N–H and O–H groups in total. The molecular weight excluding hydrogens is 379 g/mol. The highest BCUT2D eigenvalue weighted by Crippen LogP contribution is 2.32. The zero-order chi connectivity index (χ0) is 22.2. The lowest BCUT2D eigenvalue weighted by molar-refractivity contribution is -0.134. The number of aromatic nitrogens is 2. The standard InChI is InChI=1S/C22H35BN4O3/c1-13(2)19(24)21(28)27-11-7-8-18(27)20-25-16-10-9-15(12-17(16)26-20)23(29)30-22(5,6)14(3)4/h9-10,12-14,18-19,29H,7-8,11,24H2,1-6H3,(H,25,26). The lowest BCUT2D eigenvalue weighted by Gasteiger charge is -2.31. The molecule has 1 aromatic carbocycles. The zero-order valence-electron chi connectivity index (χ0n) is 19.0. The van der Waals surface area contributed by atoms with Crippen LogP contribution < -0.4 is 11.2 Å². The monoisotopic (exact) mass is 414 g/mol. The summed E-state index contributed by atoms with van der Waals surface area (Å²) in [6, 6.07) is 4.98. The third kappa shape index (κ3) is 4.55. The number of amides is 1. The molecule has 0 bridgehead atoms. The lowest BCUT2D eigenvalue weighted by Crippen LogP contribution is -2.46. The molecule has 2 atom stereocenters. The lowest BCUT2D eigenvalue weighted by atomic mass is 9.77. The maximum atomic E-state index is 12.8. The molecule has 1 amide bonds. The van der Waals surface area contributed by atoms with Gasteiger partial charge in [0.1, 0.15) is 5.82 Å². The predicted molar refractivity (Wildman–Crippen MR) is 120 cm³/mol. The van der Waals surface area contributed by atoms with E-state index in [0.29, 0.717) is 12.0 Å². The second-order valence-electron chi connectivity index (χ2n) is 9.59. The summed E-state index contributed by atoms with van der Waals surface area (Å²) in [4.78, 5) is 22.8. The smallest absolute Gasteiger partial charge is 0.423 e. The Kier molecular flexibility index (Phi) is 6.60. The summed E-state index contributed by atoms with van der Waals surface area (Å²) in [5.41, 5.74) is 7.96. The molecule has 0 radical (unpaired) electrons. The van der Waals surface area contributed by atoms with Gasteiger partial charge in [0.15, 0.2) is 0 Å². The van der Waals surface area contributed by atoms with Gasteiger partial charge in [-0.1, -0.05) is 33.8 Å². The van der Waals surface area contributed by atoms with E-state index in [0.717, 1.165) is 29.7 Å². The Hall–Kier alpha value is -1.90. The predicted octanol–water partition coefficient (Wildman–Crippen LogP) is 2.35. The first kappa shape index (κ1) is 22.8. The van der Waals surface area contributed by atoms with Gasteiger partial charge in [-0.15, -0.1) is 0 Å². The first-order chi connectivity index (χ1) is 14.0. The Labute approximate surface area is 179 Å². The van der Waals surface area contributed by atoms with E-state index < -0.39 is 18.8 Å². The van der Waals surface area contributed by atoms with E-state index in [9.17, 15) is 9.82 Å². The second kappa shape index (κ2) is 8.69. The molecule has 0 aliphatic carbocycles. The Bertz CT molecular complexity index is 896. The SMILES string of the molecule is CC(C)C(N)C(=O)N1CCCC1c1nc2ccc(B(O)OC(C)(C)C(C)C)cc2[nH]1. The second-order valence-corrected chi connectivity index (χ2v) is 9.59. The summed E-state index contributed by atoms with van der Waals surface area (Å²) in [6.45, 7) is 12.7. The van der Waals surface area contributed by atoms with Crippen LogP contribution >= 0.6 is 0 Å². The van der Waals surface area contributed by atoms with Crippen LogP contribution in [0.25, 0.3) is 11.0 Å². The number of nitrogens with zero attached hydrogens (tertiary/aromatic N) is 2. The fourth-order valence-corrected chi connectivity index (χ4v) is 3.64. The number of rotatable bonds is 7. The van der Waals surface area contributed by atoms with Crippen molar-refractivity contribution in [3.63, 3.8) is 0 Å². The molecule has 1 aliphatic heterocycles. The fourth-order valence-electron chi connectivity index (χ4n) is 3.64. The van der Waals surface area contributed by atoms with Gasteiger partial charge in [0.25, 0.3) is 0 Å². The number of hydrogen-bond acceptors (Lipinski definition) is 5. The highest BCUT2D eigenvalue weighted by Gasteiger charge is 2.35. The number of hydrogen-bond donors (Lipinski definition) is 3. The van der Waals surface area contributed by atoms with Crippen molar-refractivity contribution in [2.45, 2.75) is 72.1 Å². The molecule has 2 heterocycles. The molecule has 2 unspecified atom stereocenters. The number of fused-ring (bicyclic) bond motifs is 1. The number of nitrogens with one attached hydrogen (secondary N) is 1. The van der Waals surface area contributed by atoms with Gasteiger partial charge in [-0.25, -0.2) is 4.98 Å². The van der Waals surface area contributed by atoms with Gasteiger partial charge in [-0.2, -0.15) is 0 Å². The van der Waals surface area contributed by atoms with E-state index in [4.69, 9.17) is 15.4 Å². The molecule has 164 valence electrons. The maximum Gasteiger partial charge on any atom is 0.491 e. The topological polar surface area (TPSA) is 104 Å². The fraction of sp³-hybridized carbons (Fsp3) is 0.636. The number of nitrogens with two attached hydrogens (primary N) is 1. The Morgan fingerprint density at radius 1 is 1.37 bits per heavy atom. The summed E-state index contributed by atoms with van der Waals surface area (Å²) < 4.78 is 5.89. The molecule has 0 spiro atoms. The van der Waals surface area contributed by atoms with Crippen LogP contribution in [-0.4, -0.2) is 51.1 Å². The molecular formula is C22H35BN4O3. The van der Waals surface area contributed by atoms with Gasteiger partial charge in [-0.05, 0) is 56.1 Å². The Morgan fingerprint density at radius 3 is 2.70 bits per heavy atom. The number of imidazole rings is 1. The summed E-state index contributed by atoms with van der Waals surface area (Å²) in [6.07, 6.45) is 1.79. The first-order valence-electron chi connectivity index (χ1n) is 10.9. The minimum Gasteiger partial charge on any atom is -0.423 e. The number of carbonyl (C=O) groups is 1. The van der Waals surface area contributed by atoms with Gasteiger partial charge < -0.3 is 25.3 Å². The van der Waals surface area contributed by atoms with E-state index in [1.165, 1.54) is 0 Å². The summed E-state index contributed by atoms with van der Waals surface area (Å²) in [7, 11) is -1.02. The van der Waals surface area contributed by atoms with E-state index in [-0.39, 0.29) is 23.8 Å². The van der Waals surface area contributed by atoms with Crippen LogP contribution in [0.4, 0.5) is 0 Å². The van der Waals surface area contributed by atoms with Crippen molar-refractivity contribution in [1.29, 1.82) is 0 Å². The molecule has 2 aromatic rings. The van der Waals surface area contributed by atoms with E-state index in [1.54, 1.807) is 0 Å². The summed E-state index contributed by atoms with van der Waals surface area (Å²) >= 11 is 0. The van der Waals surface area contributed by atoms with Crippen LogP contribution in [0.1, 0.15) is 66.3 Å². The van der Waals surface area contributed by atoms with Crippen molar-refractivity contribution in [3.8, 4) is 0 Å². The molecule has 8 heteroatoms. The number of carbonyl (C=O) groups excluding carboxylic acids is 1. The van der Waals surface area contributed by atoms with Crippen LogP contribution in [-0.2, 0) is 9.45 Å². The van der Waals surface area contributed by atoms with Crippen molar-refractivity contribution < 1.29 is 14.5 Å². The minimum atomic E-state index is -1.02. The molecule has 7 nitrogen and oxygen atoms in total. The molecule has 1 saturated heterocycles. The highest BCUT2D eigenvalue weighted by atomic mass is 16.5. The third-order valence-corrected chi connectivity index (χ3v) is 6.47. The van der Waals surface area contributed by atoms with Crippen LogP contribution in [0.15, 0.2) is 18.2 Å². The molecule has 30 heavy (non-hydrogen) atoms. The average molecular weight is 414 g/mol. The van der Waals surface area contributed by atoms with Crippen LogP contribution in [0.3, 0.4) is 0 Å². The van der Waals surface area contributed by atoms with E-state index in [2.05, 4.69) is 18.8 Å².